The van der Waals surface area contributed by atoms with E-state index in [1.54, 1.807) is 0 Å². The number of hydrogen-bond donors (Lipinski definition) is 0. The van der Waals surface area contributed by atoms with Crippen molar-refractivity contribution in [3.05, 3.63) is 58.4 Å². The van der Waals surface area contributed by atoms with Gasteiger partial charge in [-0.25, -0.2) is 13.3 Å². The lowest BCUT2D eigenvalue weighted by Gasteiger charge is -2.09. The van der Waals surface area contributed by atoms with E-state index in [-0.39, 0.29) is 26.9 Å². The van der Waals surface area contributed by atoms with E-state index in [1.807, 2.05) is 6.07 Å². The second-order valence-electron chi connectivity index (χ2n) is 4.03. The highest BCUT2D eigenvalue weighted by molar-refractivity contribution is 8.13. The molecule has 0 saturated carbocycles. The third-order valence-electron chi connectivity index (χ3n) is 2.62. The topological polar surface area (TPSA) is 71.5 Å². The van der Waals surface area contributed by atoms with Crippen molar-refractivity contribution in [3.8, 4) is 17.6 Å². The average molecular weight is 353 g/mol. The van der Waals surface area contributed by atoms with Crippen LogP contribution in [0.25, 0.3) is 4.85 Å². The molecule has 0 aliphatic rings. The molecule has 0 aliphatic heterocycles. The van der Waals surface area contributed by atoms with E-state index >= 15 is 0 Å². The molecule has 8 heteroatoms. The summed E-state index contributed by atoms with van der Waals surface area (Å²) in [6.45, 7) is 6.91. The van der Waals surface area contributed by atoms with Crippen LogP contribution in [0.4, 0.5) is 5.69 Å². The standard InChI is InChI=1S/C14H6Cl2N2O3S/c1-18-13-4-2-10(7-12(13)15)21-14-5-3-11(22(16,19)20)6-9(14)8-17/h2-7H. The molecule has 0 saturated heterocycles. The number of ether oxygens (including phenoxy) is 1. The van der Waals surface area contributed by atoms with E-state index in [1.165, 1.54) is 30.3 Å². The van der Waals surface area contributed by atoms with Gasteiger partial charge in [0.15, 0.2) is 0 Å². The van der Waals surface area contributed by atoms with Crippen LogP contribution < -0.4 is 4.74 Å². The monoisotopic (exact) mass is 352 g/mol. The van der Waals surface area contributed by atoms with Gasteiger partial charge >= 0.3 is 0 Å². The highest BCUT2D eigenvalue weighted by Crippen LogP contribution is 2.33. The fraction of sp³-hybridized carbons (Fsp3) is 0. The molecule has 0 heterocycles. The summed E-state index contributed by atoms with van der Waals surface area (Å²) in [6, 6.07) is 9.94. The van der Waals surface area contributed by atoms with Gasteiger partial charge in [0.2, 0.25) is 5.69 Å². The van der Waals surface area contributed by atoms with Crippen LogP contribution in [-0.4, -0.2) is 8.42 Å². The molecular weight excluding hydrogens is 347 g/mol. The molecule has 0 fully saturated rings. The van der Waals surface area contributed by atoms with Gasteiger partial charge < -0.3 is 4.74 Å². The minimum Gasteiger partial charge on any atom is -0.456 e. The SMILES string of the molecule is [C-]#[N+]c1ccc(Oc2ccc(S(=O)(=O)Cl)cc2C#N)cc1Cl. The summed E-state index contributed by atoms with van der Waals surface area (Å²) in [6.07, 6.45) is 0. The number of benzene rings is 2. The first-order chi connectivity index (χ1) is 10.3. The minimum atomic E-state index is -3.93. The third-order valence-corrected chi connectivity index (χ3v) is 4.27. The summed E-state index contributed by atoms with van der Waals surface area (Å²) < 4.78 is 28.0. The Kier molecular flexibility index (Phi) is 4.58. The molecule has 0 spiro atoms. The quantitative estimate of drug-likeness (QED) is 0.602. The van der Waals surface area contributed by atoms with E-state index < -0.39 is 9.05 Å². The second-order valence-corrected chi connectivity index (χ2v) is 7.01. The fourth-order valence-corrected chi connectivity index (χ4v) is 2.60. The molecule has 22 heavy (non-hydrogen) atoms. The van der Waals surface area contributed by atoms with Crippen LogP contribution in [0.3, 0.4) is 0 Å². The summed E-state index contributed by atoms with van der Waals surface area (Å²) >= 11 is 5.90. The zero-order valence-corrected chi connectivity index (χ0v) is 13.1. The minimum absolute atomic E-state index is 0.00658. The van der Waals surface area contributed by atoms with Crippen molar-refractivity contribution in [2.24, 2.45) is 0 Å². The maximum absolute atomic E-state index is 11.3. The number of rotatable bonds is 3. The normalized spacial score (nSPS) is 10.5. The van der Waals surface area contributed by atoms with E-state index in [0.717, 1.165) is 6.07 Å². The van der Waals surface area contributed by atoms with Gasteiger partial charge in [-0.05, 0) is 30.3 Å². The molecule has 0 aromatic heterocycles. The molecule has 2 rings (SSSR count). The Bertz CT molecular complexity index is 928. The lowest BCUT2D eigenvalue weighted by molar-refractivity contribution is 0.480. The highest BCUT2D eigenvalue weighted by atomic mass is 35.7. The van der Waals surface area contributed by atoms with E-state index in [9.17, 15) is 8.42 Å². The molecule has 0 aliphatic carbocycles. The van der Waals surface area contributed by atoms with Gasteiger partial charge in [0, 0.05) is 10.7 Å². The van der Waals surface area contributed by atoms with Crippen LogP contribution in [0, 0.1) is 17.9 Å². The van der Waals surface area contributed by atoms with E-state index in [0.29, 0.717) is 5.75 Å². The molecule has 0 unspecified atom stereocenters. The molecule has 2 aromatic carbocycles. The molecular formula is C14H6Cl2N2O3S. The fourth-order valence-electron chi connectivity index (χ4n) is 1.61. The first-order valence-corrected chi connectivity index (χ1v) is 8.37. The van der Waals surface area contributed by atoms with Crippen molar-refractivity contribution < 1.29 is 13.2 Å². The Morgan fingerprint density at radius 3 is 2.50 bits per heavy atom. The molecule has 2 aromatic rings. The third kappa shape index (κ3) is 3.49. The Morgan fingerprint density at radius 1 is 1.23 bits per heavy atom. The Hall–Kier alpha value is -2.25. The molecule has 0 atom stereocenters. The Labute approximate surface area is 136 Å². The number of halogens is 2. The van der Waals surface area contributed by atoms with Crippen LogP contribution in [0.15, 0.2) is 41.3 Å². The number of hydrogen-bond acceptors (Lipinski definition) is 4. The van der Waals surface area contributed by atoms with Crippen LogP contribution in [-0.2, 0) is 9.05 Å². The lowest BCUT2D eigenvalue weighted by Crippen LogP contribution is -1.94. The lowest BCUT2D eigenvalue weighted by atomic mass is 10.2. The number of nitrogens with zero attached hydrogens (tertiary/aromatic N) is 2. The predicted molar refractivity (Wildman–Crippen MR) is 82.0 cm³/mol. The van der Waals surface area contributed by atoms with Crippen molar-refractivity contribution in [1.29, 1.82) is 5.26 Å². The Morgan fingerprint density at radius 2 is 1.95 bits per heavy atom. The van der Waals surface area contributed by atoms with Gasteiger partial charge in [-0.15, -0.1) is 0 Å². The van der Waals surface area contributed by atoms with Crippen molar-refractivity contribution in [1.82, 2.24) is 0 Å². The van der Waals surface area contributed by atoms with Crippen molar-refractivity contribution in [2.75, 3.05) is 0 Å². The zero-order valence-electron chi connectivity index (χ0n) is 10.7. The van der Waals surface area contributed by atoms with Crippen LogP contribution >= 0.6 is 22.3 Å². The molecule has 5 nitrogen and oxygen atoms in total. The Balaban J connectivity index is 2.41. The molecule has 110 valence electrons. The van der Waals surface area contributed by atoms with Gasteiger partial charge in [0.25, 0.3) is 9.05 Å². The van der Waals surface area contributed by atoms with E-state index in [4.69, 9.17) is 38.9 Å². The summed E-state index contributed by atoms with van der Waals surface area (Å²) in [5.74, 6) is 0.466. The van der Waals surface area contributed by atoms with Crippen LogP contribution in [0.1, 0.15) is 5.56 Å². The van der Waals surface area contributed by atoms with Gasteiger partial charge in [-0.1, -0.05) is 17.7 Å². The predicted octanol–water partition coefficient (Wildman–Crippen LogP) is 4.48. The summed E-state index contributed by atoms with van der Waals surface area (Å²) in [5.41, 5.74) is 0.283. The van der Waals surface area contributed by atoms with Gasteiger partial charge in [-0.2, -0.15) is 5.26 Å². The number of nitriles is 1. The molecule has 0 amide bonds. The first kappa shape index (κ1) is 16.1. The van der Waals surface area contributed by atoms with Crippen LogP contribution in [0.2, 0.25) is 5.02 Å². The average Bonchev–Trinajstić information content (AvgIpc) is 2.46. The zero-order chi connectivity index (χ0) is 16.3. The smallest absolute Gasteiger partial charge is 0.261 e. The van der Waals surface area contributed by atoms with Gasteiger partial charge in [0.05, 0.1) is 22.1 Å². The maximum Gasteiger partial charge on any atom is 0.261 e. The largest absolute Gasteiger partial charge is 0.456 e. The van der Waals surface area contributed by atoms with Gasteiger partial charge in [-0.3, -0.25) is 0 Å². The summed E-state index contributed by atoms with van der Waals surface area (Å²) in [5, 5.41) is 9.30. The second kappa shape index (κ2) is 6.25. The van der Waals surface area contributed by atoms with E-state index in [2.05, 4.69) is 4.85 Å². The molecule has 0 radical (unpaired) electrons. The van der Waals surface area contributed by atoms with Gasteiger partial charge in [0.1, 0.15) is 17.6 Å². The molecule has 0 bridgehead atoms. The molecule has 0 N–H and O–H groups in total. The van der Waals surface area contributed by atoms with Crippen LogP contribution in [0.5, 0.6) is 11.5 Å². The highest BCUT2D eigenvalue weighted by Gasteiger charge is 2.14. The maximum atomic E-state index is 11.3. The van der Waals surface area contributed by atoms with Crippen molar-refractivity contribution in [3.63, 3.8) is 0 Å². The first-order valence-electron chi connectivity index (χ1n) is 5.69. The summed E-state index contributed by atoms with van der Waals surface area (Å²) in [7, 11) is 1.30. The van der Waals surface area contributed by atoms with Crippen molar-refractivity contribution in [2.45, 2.75) is 4.90 Å². The van der Waals surface area contributed by atoms with Crippen molar-refractivity contribution >= 4 is 37.0 Å². The summed E-state index contributed by atoms with van der Waals surface area (Å²) in [4.78, 5) is 3.02.